The number of anilines is 1. The molecule has 33 heavy (non-hydrogen) atoms. The number of hydrogen-bond acceptors (Lipinski definition) is 8. The predicted octanol–water partition coefficient (Wildman–Crippen LogP) is 2.88. The van der Waals surface area contributed by atoms with Crippen LogP contribution in [-0.2, 0) is 37.1 Å². The van der Waals surface area contributed by atoms with Crippen molar-refractivity contribution in [3.63, 3.8) is 0 Å². The van der Waals surface area contributed by atoms with Crippen molar-refractivity contribution in [1.29, 1.82) is 0 Å². The molecule has 1 heterocycles. The number of fused-ring (bicyclic) bond motifs is 1. The normalized spacial score (nSPS) is 16.4. The maximum absolute atomic E-state index is 12.7. The van der Waals surface area contributed by atoms with Crippen molar-refractivity contribution >= 4 is 44.2 Å². The molecule has 1 aliphatic carbocycles. The highest BCUT2D eigenvalue weighted by molar-refractivity contribution is 7.89. The minimum Gasteiger partial charge on any atom is -0.462 e. The molecule has 1 aromatic heterocycles. The number of ether oxygens (including phenoxy) is 2. The number of thiophene rings is 1. The van der Waals surface area contributed by atoms with Crippen LogP contribution < -0.4 is 10.5 Å². The van der Waals surface area contributed by atoms with Gasteiger partial charge in [0, 0.05) is 4.88 Å². The van der Waals surface area contributed by atoms with E-state index in [-0.39, 0.29) is 17.1 Å². The molecular weight excluding hydrogens is 468 g/mol. The van der Waals surface area contributed by atoms with Crippen LogP contribution in [0.15, 0.2) is 29.2 Å². The molecule has 9 nitrogen and oxygen atoms in total. The van der Waals surface area contributed by atoms with E-state index in [1.54, 1.807) is 6.92 Å². The van der Waals surface area contributed by atoms with Crippen molar-refractivity contribution in [3.8, 4) is 0 Å². The number of carbonyl (C=O) groups excluding carboxylic acids is 3. The fourth-order valence-corrected chi connectivity index (χ4v) is 5.45. The summed E-state index contributed by atoms with van der Waals surface area (Å²) in [5.41, 5.74) is 1.34. The number of benzene rings is 1. The van der Waals surface area contributed by atoms with Crippen LogP contribution in [0.4, 0.5) is 5.00 Å². The van der Waals surface area contributed by atoms with Gasteiger partial charge in [0.15, 0.2) is 6.10 Å². The number of hydrogen-bond donors (Lipinski definition) is 2. The van der Waals surface area contributed by atoms with Gasteiger partial charge in [0.1, 0.15) is 5.00 Å². The first-order valence-corrected chi connectivity index (χ1v) is 12.8. The monoisotopic (exact) mass is 494 g/mol. The summed E-state index contributed by atoms with van der Waals surface area (Å²) in [5, 5.41) is 8.14. The van der Waals surface area contributed by atoms with Gasteiger partial charge in [0.25, 0.3) is 5.91 Å². The molecule has 2 atom stereocenters. The molecule has 0 bridgehead atoms. The van der Waals surface area contributed by atoms with Gasteiger partial charge in [-0.1, -0.05) is 6.92 Å². The molecule has 3 N–H and O–H groups in total. The second-order valence-corrected chi connectivity index (χ2v) is 10.5. The molecule has 1 amide bonds. The first-order valence-electron chi connectivity index (χ1n) is 10.5. The molecule has 0 fully saturated rings. The van der Waals surface area contributed by atoms with E-state index in [0.29, 0.717) is 16.5 Å². The van der Waals surface area contributed by atoms with Gasteiger partial charge < -0.3 is 14.8 Å². The van der Waals surface area contributed by atoms with E-state index in [0.717, 1.165) is 29.7 Å². The van der Waals surface area contributed by atoms with Crippen LogP contribution in [0, 0.1) is 5.92 Å². The summed E-state index contributed by atoms with van der Waals surface area (Å²) in [7, 11) is -3.89. The van der Waals surface area contributed by atoms with Gasteiger partial charge in [-0.15, -0.1) is 11.3 Å². The number of sulfonamides is 1. The Bertz CT molecular complexity index is 1170. The zero-order valence-electron chi connectivity index (χ0n) is 18.5. The van der Waals surface area contributed by atoms with E-state index >= 15 is 0 Å². The molecular formula is C22H26N2O7S2. The molecule has 3 rings (SSSR count). The van der Waals surface area contributed by atoms with Gasteiger partial charge in [-0.05, 0) is 68.9 Å². The summed E-state index contributed by atoms with van der Waals surface area (Å²) in [6.45, 7) is 5.48. The topological polar surface area (TPSA) is 142 Å². The van der Waals surface area contributed by atoms with E-state index in [1.165, 1.54) is 42.5 Å². The molecule has 0 spiro atoms. The summed E-state index contributed by atoms with van der Waals surface area (Å²) < 4.78 is 33.1. The highest BCUT2D eigenvalue weighted by Gasteiger charge is 2.30. The number of rotatable bonds is 7. The number of primary sulfonamides is 1. The predicted molar refractivity (Wildman–Crippen MR) is 123 cm³/mol. The van der Waals surface area contributed by atoms with Gasteiger partial charge in [-0.2, -0.15) is 0 Å². The van der Waals surface area contributed by atoms with E-state index in [1.807, 2.05) is 0 Å². The van der Waals surface area contributed by atoms with Crippen molar-refractivity contribution in [1.82, 2.24) is 0 Å². The fraction of sp³-hybridized carbons (Fsp3) is 0.409. The number of nitrogens with one attached hydrogen (secondary N) is 1. The van der Waals surface area contributed by atoms with E-state index in [4.69, 9.17) is 14.6 Å². The minimum absolute atomic E-state index is 0.0647. The third-order valence-corrected chi connectivity index (χ3v) is 7.40. The fourth-order valence-electron chi connectivity index (χ4n) is 3.53. The Morgan fingerprint density at radius 1 is 1.21 bits per heavy atom. The minimum atomic E-state index is -3.89. The van der Waals surface area contributed by atoms with Gasteiger partial charge >= 0.3 is 11.9 Å². The van der Waals surface area contributed by atoms with Crippen LogP contribution in [0.3, 0.4) is 0 Å². The van der Waals surface area contributed by atoms with Crippen molar-refractivity contribution in [2.75, 3.05) is 11.9 Å². The lowest BCUT2D eigenvalue weighted by Crippen LogP contribution is -2.30. The number of carbonyl (C=O) groups is 3. The third kappa shape index (κ3) is 5.79. The standard InChI is InChI=1S/C22H26N2O7S2/c1-4-30-22(27)18-16-10-5-12(2)11-17(16)32-20(18)24-19(25)13(3)31-21(26)14-6-8-15(9-7-14)33(23,28)29/h6-9,12-13H,4-5,10-11H2,1-3H3,(H,24,25)(H2,23,28,29)/t12-,13-/m1/s1. The highest BCUT2D eigenvalue weighted by Crippen LogP contribution is 2.40. The Hall–Kier alpha value is -2.76. The quantitative estimate of drug-likeness (QED) is 0.564. The Kier molecular flexibility index (Phi) is 7.55. The summed E-state index contributed by atoms with van der Waals surface area (Å²) in [5.74, 6) is -1.40. The van der Waals surface area contributed by atoms with Crippen LogP contribution in [0.1, 0.15) is 58.3 Å². The van der Waals surface area contributed by atoms with E-state index in [9.17, 15) is 22.8 Å². The molecule has 178 valence electrons. The first-order chi connectivity index (χ1) is 15.5. The van der Waals surface area contributed by atoms with Crippen molar-refractivity contribution in [3.05, 3.63) is 45.8 Å². The Morgan fingerprint density at radius 3 is 2.48 bits per heavy atom. The lowest BCUT2D eigenvalue weighted by atomic mass is 9.88. The third-order valence-electron chi connectivity index (χ3n) is 5.30. The van der Waals surface area contributed by atoms with Crippen LogP contribution in [0.2, 0.25) is 0 Å². The maximum Gasteiger partial charge on any atom is 0.341 e. The van der Waals surface area contributed by atoms with Crippen molar-refractivity contribution in [2.45, 2.75) is 51.0 Å². The molecule has 0 saturated carbocycles. The zero-order valence-corrected chi connectivity index (χ0v) is 20.2. The maximum atomic E-state index is 12.7. The highest BCUT2D eigenvalue weighted by atomic mass is 32.2. The number of amides is 1. The van der Waals surface area contributed by atoms with Gasteiger partial charge in [0.2, 0.25) is 10.0 Å². The average molecular weight is 495 g/mol. The summed E-state index contributed by atoms with van der Waals surface area (Å²) in [4.78, 5) is 38.6. The molecule has 0 saturated heterocycles. The zero-order chi connectivity index (χ0) is 24.3. The molecule has 1 aromatic carbocycles. The second kappa shape index (κ2) is 10.0. The van der Waals surface area contributed by atoms with Crippen LogP contribution in [0.25, 0.3) is 0 Å². The number of esters is 2. The average Bonchev–Trinajstić information content (AvgIpc) is 3.10. The van der Waals surface area contributed by atoms with Crippen LogP contribution in [0.5, 0.6) is 0 Å². The Balaban J connectivity index is 1.74. The lowest BCUT2D eigenvalue weighted by molar-refractivity contribution is -0.123. The van der Waals surface area contributed by atoms with E-state index < -0.39 is 34.0 Å². The molecule has 0 radical (unpaired) electrons. The molecule has 2 aromatic rings. The summed E-state index contributed by atoms with van der Waals surface area (Å²) in [6, 6.07) is 4.86. The molecule has 11 heteroatoms. The van der Waals surface area contributed by atoms with Crippen LogP contribution >= 0.6 is 11.3 Å². The van der Waals surface area contributed by atoms with Crippen LogP contribution in [-0.4, -0.2) is 39.0 Å². The molecule has 0 unspecified atom stereocenters. The van der Waals surface area contributed by atoms with Gasteiger partial charge in [-0.3, -0.25) is 4.79 Å². The number of nitrogens with two attached hydrogens (primary N) is 1. The Morgan fingerprint density at radius 2 is 1.88 bits per heavy atom. The van der Waals surface area contributed by atoms with Gasteiger partial charge in [0.05, 0.1) is 22.6 Å². The summed E-state index contributed by atoms with van der Waals surface area (Å²) >= 11 is 1.34. The largest absolute Gasteiger partial charge is 0.462 e. The first kappa shape index (κ1) is 24.9. The molecule has 0 aliphatic heterocycles. The molecule has 1 aliphatic rings. The second-order valence-electron chi connectivity index (χ2n) is 7.88. The smallest absolute Gasteiger partial charge is 0.341 e. The SMILES string of the molecule is CCOC(=O)c1c(NC(=O)[C@@H](C)OC(=O)c2ccc(S(N)(=O)=O)cc2)sc2c1CC[C@@H](C)C2. The van der Waals surface area contributed by atoms with E-state index in [2.05, 4.69) is 12.2 Å². The van der Waals surface area contributed by atoms with Crippen molar-refractivity contribution < 1.29 is 32.3 Å². The van der Waals surface area contributed by atoms with Crippen molar-refractivity contribution in [2.24, 2.45) is 11.1 Å². The lowest BCUT2D eigenvalue weighted by Gasteiger charge is -2.18. The van der Waals surface area contributed by atoms with Gasteiger partial charge in [-0.25, -0.2) is 23.1 Å². The summed E-state index contributed by atoms with van der Waals surface area (Å²) in [6.07, 6.45) is 1.34. The Labute approximate surface area is 196 Å².